The molecular formula is C26H39NO10. The highest BCUT2D eigenvalue weighted by molar-refractivity contribution is 6.21. The van der Waals surface area contributed by atoms with Crippen molar-refractivity contribution in [3.05, 3.63) is 35.4 Å². The molecule has 1 unspecified atom stereocenters. The van der Waals surface area contributed by atoms with E-state index in [1.54, 1.807) is 24.3 Å². The quantitative estimate of drug-likeness (QED) is 0.199. The van der Waals surface area contributed by atoms with E-state index in [9.17, 15) is 19.5 Å². The van der Waals surface area contributed by atoms with Crippen molar-refractivity contribution in [3.63, 3.8) is 0 Å². The molecule has 0 saturated heterocycles. The van der Waals surface area contributed by atoms with Crippen molar-refractivity contribution in [2.45, 2.75) is 26.9 Å². The summed E-state index contributed by atoms with van der Waals surface area (Å²) in [5.74, 6) is -1.55. The zero-order valence-corrected chi connectivity index (χ0v) is 21.9. The summed E-state index contributed by atoms with van der Waals surface area (Å²) in [6, 6.07) is 6.78. The fourth-order valence-corrected chi connectivity index (χ4v) is 3.50. The summed E-state index contributed by atoms with van der Waals surface area (Å²) in [6.45, 7) is 9.60. The van der Waals surface area contributed by atoms with Crippen LogP contribution in [0.25, 0.3) is 0 Å². The Morgan fingerprint density at radius 3 is 1.49 bits per heavy atom. The van der Waals surface area contributed by atoms with Gasteiger partial charge in [0.05, 0.1) is 90.3 Å². The summed E-state index contributed by atoms with van der Waals surface area (Å²) in [5, 5.41) is 9.19. The van der Waals surface area contributed by atoms with Gasteiger partial charge in [-0.05, 0) is 17.5 Å². The van der Waals surface area contributed by atoms with Crippen LogP contribution in [-0.4, -0.2) is 113 Å². The third-order valence-electron chi connectivity index (χ3n) is 5.35. The number of rotatable bonds is 20. The molecule has 37 heavy (non-hydrogen) atoms. The highest BCUT2D eigenvalue weighted by Crippen LogP contribution is 2.23. The predicted molar refractivity (Wildman–Crippen MR) is 133 cm³/mol. The lowest BCUT2D eigenvalue weighted by molar-refractivity contribution is -0.159. The van der Waals surface area contributed by atoms with E-state index >= 15 is 0 Å². The Balaban J connectivity index is 1.33. The van der Waals surface area contributed by atoms with Crippen LogP contribution in [0, 0.1) is 5.41 Å². The number of ether oxygens (including phenoxy) is 6. The van der Waals surface area contributed by atoms with Gasteiger partial charge in [0, 0.05) is 0 Å². The largest absolute Gasteiger partial charge is 0.479 e. The van der Waals surface area contributed by atoms with Crippen molar-refractivity contribution in [2.24, 2.45) is 5.41 Å². The van der Waals surface area contributed by atoms with E-state index in [-0.39, 0.29) is 31.6 Å². The molecule has 0 aliphatic carbocycles. The number of carbonyl (C=O) groups is 3. The van der Waals surface area contributed by atoms with Crippen LogP contribution in [0.3, 0.4) is 0 Å². The van der Waals surface area contributed by atoms with Crippen molar-refractivity contribution in [1.29, 1.82) is 0 Å². The monoisotopic (exact) mass is 525 g/mol. The molecule has 1 heterocycles. The Morgan fingerprint density at radius 2 is 1.11 bits per heavy atom. The zero-order chi connectivity index (χ0) is 27.1. The first-order valence-electron chi connectivity index (χ1n) is 12.4. The first-order chi connectivity index (χ1) is 17.7. The molecule has 1 aliphatic heterocycles. The number of carboxylic acids is 1. The molecule has 0 radical (unpaired) electrons. The van der Waals surface area contributed by atoms with Crippen molar-refractivity contribution in [2.75, 3.05) is 79.2 Å². The molecule has 1 aromatic rings. The number of fused-ring (bicyclic) bond motifs is 1. The van der Waals surface area contributed by atoms with Gasteiger partial charge in [0.25, 0.3) is 11.8 Å². The van der Waals surface area contributed by atoms with E-state index in [1.807, 2.05) is 20.8 Å². The Hall–Kier alpha value is -2.41. The predicted octanol–water partition coefficient (Wildman–Crippen LogP) is 1.88. The van der Waals surface area contributed by atoms with E-state index in [0.29, 0.717) is 70.6 Å². The van der Waals surface area contributed by atoms with E-state index in [4.69, 9.17) is 28.4 Å². The minimum absolute atomic E-state index is 0.203. The number of imide groups is 1. The molecule has 1 N–H and O–H groups in total. The van der Waals surface area contributed by atoms with Gasteiger partial charge in [-0.25, -0.2) is 4.79 Å². The SMILES string of the molecule is CC(C)(C)C(OCCOCCOCCOCCOCCOCCN1C(=O)c2ccccc2C1=O)C(=O)O. The lowest BCUT2D eigenvalue weighted by Gasteiger charge is -2.26. The maximum atomic E-state index is 12.3. The smallest absolute Gasteiger partial charge is 0.333 e. The number of carboxylic acid groups (broad SMARTS) is 1. The molecule has 1 aromatic carbocycles. The average molecular weight is 526 g/mol. The first kappa shape index (κ1) is 30.8. The van der Waals surface area contributed by atoms with Crippen molar-refractivity contribution in [3.8, 4) is 0 Å². The number of aliphatic carboxylic acids is 1. The molecule has 2 amide bonds. The molecule has 11 heteroatoms. The van der Waals surface area contributed by atoms with Crippen molar-refractivity contribution < 1.29 is 47.9 Å². The van der Waals surface area contributed by atoms with Gasteiger partial charge in [-0.15, -0.1) is 0 Å². The molecule has 1 aliphatic rings. The molecule has 0 fully saturated rings. The standard InChI is InChI=1S/C26H39NO10/c1-26(2,3)22(25(30)31)37-19-18-36-17-16-35-15-14-34-13-12-33-11-10-32-9-8-27-23(28)20-6-4-5-7-21(20)24(27)29/h4-7,22H,8-19H2,1-3H3,(H,30,31). The summed E-state index contributed by atoms with van der Waals surface area (Å²) in [7, 11) is 0. The van der Waals surface area contributed by atoms with Crippen LogP contribution in [0.1, 0.15) is 41.5 Å². The van der Waals surface area contributed by atoms with E-state index in [1.165, 1.54) is 4.90 Å². The van der Waals surface area contributed by atoms with Crippen LogP contribution < -0.4 is 0 Å². The van der Waals surface area contributed by atoms with Gasteiger partial charge >= 0.3 is 5.97 Å². The van der Waals surface area contributed by atoms with Gasteiger partial charge in [0.2, 0.25) is 0 Å². The Labute approximate surface area is 217 Å². The van der Waals surface area contributed by atoms with Crippen molar-refractivity contribution >= 4 is 17.8 Å². The normalized spacial score (nSPS) is 14.3. The maximum Gasteiger partial charge on any atom is 0.333 e. The van der Waals surface area contributed by atoms with Crippen LogP contribution in [-0.2, 0) is 33.2 Å². The molecule has 0 aromatic heterocycles. The van der Waals surface area contributed by atoms with E-state index in [2.05, 4.69) is 0 Å². The summed E-state index contributed by atoms with van der Waals surface area (Å²) in [4.78, 5) is 36.9. The number of hydrogen-bond donors (Lipinski definition) is 1. The second-order valence-corrected chi connectivity index (χ2v) is 9.32. The fourth-order valence-electron chi connectivity index (χ4n) is 3.50. The van der Waals surface area contributed by atoms with Gasteiger partial charge in [0.1, 0.15) is 0 Å². The highest BCUT2D eigenvalue weighted by atomic mass is 16.6. The molecule has 0 saturated carbocycles. The van der Waals surface area contributed by atoms with Crippen LogP contribution >= 0.6 is 0 Å². The first-order valence-corrected chi connectivity index (χ1v) is 12.4. The average Bonchev–Trinajstić information content (AvgIpc) is 3.09. The number of nitrogens with zero attached hydrogens (tertiary/aromatic N) is 1. The lowest BCUT2D eigenvalue weighted by atomic mass is 9.89. The number of carbonyl (C=O) groups excluding carboxylic acids is 2. The van der Waals surface area contributed by atoms with E-state index < -0.39 is 17.5 Å². The Bertz CT molecular complexity index is 819. The Morgan fingerprint density at radius 1 is 0.730 bits per heavy atom. The summed E-state index contributed by atoms with van der Waals surface area (Å²) < 4.78 is 32.5. The number of hydrogen-bond acceptors (Lipinski definition) is 9. The molecule has 11 nitrogen and oxygen atoms in total. The molecule has 0 spiro atoms. The molecular weight excluding hydrogens is 486 g/mol. The minimum Gasteiger partial charge on any atom is -0.479 e. The molecule has 0 bridgehead atoms. The van der Waals surface area contributed by atoms with Crippen molar-refractivity contribution in [1.82, 2.24) is 4.90 Å². The topological polar surface area (TPSA) is 130 Å². The summed E-state index contributed by atoms with van der Waals surface area (Å²) >= 11 is 0. The van der Waals surface area contributed by atoms with Gasteiger partial charge in [-0.1, -0.05) is 32.9 Å². The second kappa shape index (κ2) is 16.4. The molecule has 1 atom stereocenters. The second-order valence-electron chi connectivity index (χ2n) is 9.32. The van der Waals surface area contributed by atoms with Crippen LogP contribution in [0.5, 0.6) is 0 Å². The summed E-state index contributed by atoms with van der Waals surface area (Å²) in [5.41, 5.74) is 0.383. The fraction of sp³-hybridized carbons (Fsp3) is 0.654. The van der Waals surface area contributed by atoms with Crippen LogP contribution in [0.4, 0.5) is 0 Å². The van der Waals surface area contributed by atoms with Gasteiger partial charge < -0.3 is 33.5 Å². The Kier molecular flexibility index (Phi) is 13.7. The molecule has 2 rings (SSSR count). The lowest BCUT2D eigenvalue weighted by Crippen LogP contribution is -2.37. The van der Waals surface area contributed by atoms with Gasteiger partial charge in [-0.2, -0.15) is 0 Å². The summed E-state index contributed by atoms with van der Waals surface area (Å²) in [6.07, 6.45) is -0.876. The highest BCUT2D eigenvalue weighted by Gasteiger charge is 2.34. The zero-order valence-electron chi connectivity index (χ0n) is 21.9. The third kappa shape index (κ3) is 10.8. The third-order valence-corrected chi connectivity index (χ3v) is 5.35. The van der Waals surface area contributed by atoms with Gasteiger partial charge in [-0.3, -0.25) is 14.5 Å². The molecule has 208 valence electrons. The van der Waals surface area contributed by atoms with E-state index in [0.717, 1.165) is 0 Å². The van der Waals surface area contributed by atoms with Crippen LogP contribution in [0.2, 0.25) is 0 Å². The minimum atomic E-state index is -0.980. The maximum absolute atomic E-state index is 12.3. The van der Waals surface area contributed by atoms with Crippen LogP contribution in [0.15, 0.2) is 24.3 Å². The van der Waals surface area contributed by atoms with Gasteiger partial charge in [0.15, 0.2) is 6.10 Å². The number of amides is 2. The number of benzene rings is 1.